The van der Waals surface area contributed by atoms with Gasteiger partial charge in [-0.25, -0.2) is 0 Å². The monoisotopic (exact) mass is 394 g/mol. The SMILES string of the molecule is CCc1cc(CCCC(CO)CO)ccc1-c1ccc(C2CCC(C)CC2)cc1. The second kappa shape index (κ2) is 10.9. The lowest BCUT2D eigenvalue weighted by Gasteiger charge is -2.26. The Labute approximate surface area is 177 Å². The third-order valence-electron chi connectivity index (χ3n) is 6.85. The summed E-state index contributed by atoms with van der Waals surface area (Å²) in [4.78, 5) is 0. The van der Waals surface area contributed by atoms with Gasteiger partial charge in [-0.3, -0.25) is 0 Å². The molecule has 0 atom stereocenters. The van der Waals surface area contributed by atoms with Gasteiger partial charge in [-0.1, -0.05) is 69.2 Å². The Morgan fingerprint density at radius 2 is 1.62 bits per heavy atom. The van der Waals surface area contributed by atoms with Crippen molar-refractivity contribution in [3.05, 3.63) is 59.2 Å². The Kier molecular flexibility index (Phi) is 8.32. The summed E-state index contributed by atoms with van der Waals surface area (Å²) in [6.45, 7) is 4.76. The second-order valence-corrected chi connectivity index (χ2v) is 9.05. The van der Waals surface area contributed by atoms with Gasteiger partial charge in [-0.15, -0.1) is 0 Å². The van der Waals surface area contributed by atoms with Gasteiger partial charge in [0.15, 0.2) is 0 Å². The lowest BCUT2D eigenvalue weighted by molar-refractivity contribution is 0.142. The molecule has 2 nitrogen and oxygen atoms in total. The highest BCUT2D eigenvalue weighted by Crippen LogP contribution is 2.36. The van der Waals surface area contributed by atoms with Crippen molar-refractivity contribution < 1.29 is 10.2 Å². The fourth-order valence-electron chi connectivity index (χ4n) is 4.74. The third kappa shape index (κ3) is 5.93. The molecular formula is C27H38O2. The van der Waals surface area contributed by atoms with Gasteiger partial charge in [0.1, 0.15) is 0 Å². The number of rotatable bonds is 9. The molecular weight excluding hydrogens is 356 g/mol. The second-order valence-electron chi connectivity index (χ2n) is 9.05. The Morgan fingerprint density at radius 3 is 2.24 bits per heavy atom. The van der Waals surface area contributed by atoms with Crippen LogP contribution in [-0.4, -0.2) is 23.4 Å². The van der Waals surface area contributed by atoms with Crippen LogP contribution in [0, 0.1) is 11.8 Å². The van der Waals surface area contributed by atoms with Crippen molar-refractivity contribution in [1.82, 2.24) is 0 Å². The van der Waals surface area contributed by atoms with Crippen molar-refractivity contribution in [1.29, 1.82) is 0 Å². The molecule has 0 amide bonds. The summed E-state index contributed by atoms with van der Waals surface area (Å²) in [6.07, 6.45) is 9.31. The average molecular weight is 395 g/mol. The van der Waals surface area contributed by atoms with Crippen LogP contribution in [0.3, 0.4) is 0 Å². The maximum atomic E-state index is 9.22. The molecule has 1 saturated carbocycles. The number of benzene rings is 2. The molecule has 0 unspecified atom stereocenters. The van der Waals surface area contributed by atoms with Gasteiger partial charge in [0, 0.05) is 19.1 Å². The maximum absolute atomic E-state index is 9.22. The number of aliphatic hydroxyl groups is 2. The lowest BCUT2D eigenvalue weighted by Crippen LogP contribution is -2.11. The largest absolute Gasteiger partial charge is 0.396 e. The highest BCUT2D eigenvalue weighted by Gasteiger charge is 2.19. The fraction of sp³-hybridized carbons (Fsp3) is 0.556. The van der Waals surface area contributed by atoms with E-state index in [9.17, 15) is 10.2 Å². The average Bonchev–Trinajstić information content (AvgIpc) is 2.77. The van der Waals surface area contributed by atoms with E-state index in [0.717, 1.165) is 37.5 Å². The zero-order valence-corrected chi connectivity index (χ0v) is 18.2. The smallest absolute Gasteiger partial charge is 0.0481 e. The standard InChI is InChI=1S/C27H38O2/c1-3-23-17-21(5-4-6-22(18-28)19-29)9-16-27(23)26-14-12-25(13-15-26)24-10-7-20(2)8-11-24/h9,12-17,20,22,24,28-29H,3-8,10-11,18-19H2,1-2H3. The highest BCUT2D eigenvalue weighted by molar-refractivity contribution is 5.68. The first kappa shape index (κ1) is 22.1. The Bertz CT molecular complexity index is 738. The molecule has 1 fully saturated rings. The van der Waals surface area contributed by atoms with Gasteiger partial charge in [0.25, 0.3) is 0 Å². The van der Waals surface area contributed by atoms with Crippen LogP contribution in [0.25, 0.3) is 11.1 Å². The van der Waals surface area contributed by atoms with Crippen LogP contribution in [0.5, 0.6) is 0 Å². The van der Waals surface area contributed by atoms with Gasteiger partial charge in [0.2, 0.25) is 0 Å². The molecule has 0 bridgehead atoms. The minimum Gasteiger partial charge on any atom is -0.396 e. The summed E-state index contributed by atoms with van der Waals surface area (Å²) >= 11 is 0. The fourth-order valence-corrected chi connectivity index (χ4v) is 4.74. The van der Waals surface area contributed by atoms with Crippen LogP contribution in [0.1, 0.15) is 75.0 Å². The molecule has 1 aliphatic carbocycles. The molecule has 2 heteroatoms. The van der Waals surface area contributed by atoms with Crippen molar-refractivity contribution >= 4 is 0 Å². The molecule has 0 saturated heterocycles. The molecule has 0 aromatic heterocycles. The number of aliphatic hydroxyl groups excluding tert-OH is 2. The summed E-state index contributed by atoms with van der Waals surface area (Å²) in [5.41, 5.74) is 6.94. The summed E-state index contributed by atoms with van der Waals surface area (Å²) in [7, 11) is 0. The topological polar surface area (TPSA) is 40.5 Å². The molecule has 0 spiro atoms. The predicted molar refractivity (Wildman–Crippen MR) is 122 cm³/mol. The number of hydrogen-bond acceptors (Lipinski definition) is 2. The molecule has 158 valence electrons. The van der Waals surface area contributed by atoms with Crippen LogP contribution in [-0.2, 0) is 12.8 Å². The van der Waals surface area contributed by atoms with Crippen LogP contribution >= 0.6 is 0 Å². The molecule has 3 rings (SSSR count). The van der Waals surface area contributed by atoms with Crippen LogP contribution in [0.15, 0.2) is 42.5 Å². The van der Waals surface area contributed by atoms with Gasteiger partial charge in [-0.2, -0.15) is 0 Å². The van der Waals surface area contributed by atoms with E-state index in [4.69, 9.17) is 0 Å². The molecule has 2 aromatic carbocycles. The highest BCUT2D eigenvalue weighted by atomic mass is 16.3. The minimum atomic E-state index is 0.0193. The van der Waals surface area contributed by atoms with Gasteiger partial charge >= 0.3 is 0 Å². The normalized spacial score (nSPS) is 19.6. The van der Waals surface area contributed by atoms with E-state index in [2.05, 4.69) is 56.3 Å². The van der Waals surface area contributed by atoms with E-state index in [1.165, 1.54) is 53.5 Å². The van der Waals surface area contributed by atoms with Gasteiger partial charge < -0.3 is 10.2 Å². The zero-order valence-electron chi connectivity index (χ0n) is 18.2. The van der Waals surface area contributed by atoms with Crippen molar-refractivity contribution in [2.24, 2.45) is 11.8 Å². The summed E-state index contributed by atoms with van der Waals surface area (Å²) in [5.74, 6) is 1.66. The summed E-state index contributed by atoms with van der Waals surface area (Å²) in [6, 6.07) is 16.2. The van der Waals surface area contributed by atoms with E-state index < -0.39 is 0 Å². The number of hydrogen-bond donors (Lipinski definition) is 2. The van der Waals surface area contributed by atoms with Crippen LogP contribution in [0.4, 0.5) is 0 Å². The summed E-state index contributed by atoms with van der Waals surface area (Å²) < 4.78 is 0. The summed E-state index contributed by atoms with van der Waals surface area (Å²) in [5, 5.41) is 18.4. The minimum absolute atomic E-state index is 0.0193. The van der Waals surface area contributed by atoms with Crippen LogP contribution < -0.4 is 0 Å². The Balaban J connectivity index is 1.66. The van der Waals surface area contributed by atoms with Crippen molar-refractivity contribution in [2.75, 3.05) is 13.2 Å². The molecule has 1 aliphatic rings. The Morgan fingerprint density at radius 1 is 0.931 bits per heavy atom. The van der Waals surface area contributed by atoms with E-state index in [1.807, 2.05) is 0 Å². The van der Waals surface area contributed by atoms with Gasteiger partial charge in [0.05, 0.1) is 0 Å². The van der Waals surface area contributed by atoms with E-state index in [1.54, 1.807) is 0 Å². The quantitative estimate of drug-likeness (QED) is 0.537. The first-order valence-corrected chi connectivity index (χ1v) is 11.6. The van der Waals surface area contributed by atoms with E-state index in [-0.39, 0.29) is 19.1 Å². The van der Waals surface area contributed by atoms with E-state index in [0.29, 0.717) is 0 Å². The lowest BCUT2D eigenvalue weighted by atomic mass is 9.79. The van der Waals surface area contributed by atoms with Crippen molar-refractivity contribution in [3.63, 3.8) is 0 Å². The maximum Gasteiger partial charge on any atom is 0.0481 e. The molecule has 29 heavy (non-hydrogen) atoms. The first-order chi connectivity index (χ1) is 14.1. The molecule has 0 aliphatic heterocycles. The zero-order chi connectivity index (χ0) is 20.6. The third-order valence-corrected chi connectivity index (χ3v) is 6.85. The van der Waals surface area contributed by atoms with E-state index >= 15 is 0 Å². The van der Waals surface area contributed by atoms with Gasteiger partial charge in [-0.05, 0) is 78.2 Å². The predicted octanol–water partition coefficient (Wildman–Crippen LogP) is 6.13. The molecule has 2 aromatic rings. The van der Waals surface area contributed by atoms with Crippen molar-refractivity contribution in [2.45, 2.75) is 71.1 Å². The first-order valence-electron chi connectivity index (χ1n) is 11.6. The van der Waals surface area contributed by atoms with Crippen LogP contribution in [0.2, 0.25) is 0 Å². The molecule has 0 heterocycles. The molecule has 0 radical (unpaired) electrons. The van der Waals surface area contributed by atoms with Crippen molar-refractivity contribution in [3.8, 4) is 11.1 Å². The Hall–Kier alpha value is -1.64. The molecule has 2 N–H and O–H groups in total. The number of aryl methyl sites for hydroxylation is 2.